The zero-order valence-electron chi connectivity index (χ0n) is 19.2. The van der Waals surface area contributed by atoms with E-state index in [1.165, 1.54) is 12.1 Å². The lowest BCUT2D eigenvalue weighted by atomic mass is 9.76. The summed E-state index contributed by atoms with van der Waals surface area (Å²) in [5, 5.41) is 33.9. The quantitative estimate of drug-likeness (QED) is 0.138. The number of nitro groups is 1. The molecule has 0 fully saturated rings. The van der Waals surface area contributed by atoms with Crippen LogP contribution in [-0.2, 0) is 6.42 Å². The van der Waals surface area contributed by atoms with E-state index in [0.29, 0.717) is 18.8 Å². The van der Waals surface area contributed by atoms with Crippen molar-refractivity contribution in [1.29, 1.82) is 0 Å². The summed E-state index contributed by atoms with van der Waals surface area (Å²) >= 11 is 0. The molecule has 1 aliphatic rings. The van der Waals surface area contributed by atoms with Crippen LogP contribution in [0, 0.1) is 10.1 Å². The molecule has 8 nitrogen and oxygen atoms in total. The number of nitrogens with zero attached hydrogens (tertiary/aromatic N) is 1. The maximum Gasteiger partial charge on any atom is 0.269 e. The first-order valence-electron chi connectivity index (χ1n) is 11.3. The van der Waals surface area contributed by atoms with Gasteiger partial charge in [0.15, 0.2) is 11.5 Å². The molecule has 0 amide bonds. The predicted octanol–water partition coefficient (Wildman–Crippen LogP) is 4.83. The van der Waals surface area contributed by atoms with Gasteiger partial charge in [-0.1, -0.05) is 25.3 Å². The zero-order chi connectivity index (χ0) is 22.9. The molecular formula is C24H35Cl2N3O5. The summed E-state index contributed by atoms with van der Waals surface area (Å²) < 4.78 is 5.58. The lowest BCUT2D eigenvalue weighted by Gasteiger charge is -2.32. The molecule has 2 aromatic carbocycles. The topological polar surface area (TPSA) is 131 Å². The van der Waals surface area contributed by atoms with Crippen LogP contribution < -0.4 is 15.8 Å². The van der Waals surface area contributed by atoms with Crippen LogP contribution in [0.25, 0.3) is 0 Å². The Morgan fingerprint density at radius 3 is 2.44 bits per heavy atom. The molecule has 0 saturated heterocycles. The van der Waals surface area contributed by atoms with Crippen LogP contribution in [0.4, 0.5) is 5.69 Å². The third-order valence-corrected chi connectivity index (χ3v) is 6.16. The number of benzene rings is 2. The summed E-state index contributed by atoms with van der Waals surface area (Å²) in [6.45, 7) is 2.16. The highest BCUT2D eigenvalue weighted by Crippen LogP contribution is 2.42. The SMILES string of the molecule is Cl.Cl.NC1CCc2c(ccc(O)c2O)C1CCCCCCNCCOc1ccc([N+](=O)[O-])cc1. The number of hydrogen-bond acceptors (Lipinski definition) is 7. The standard InChI is InChI=1S/C24H33N3O5.2ClH/c25-22-12-10-21-19(11-13-23(28)24(21)29)20(22)5-3-1-2-4-14-26-15-16-32-18-8-6-17(7-9-18)27(30)31;;/h6-9,11,13,20,22,26,28-29H,1-5,10,12,14-16,25H2;2*1H. The van der Waals surface area contributed by atoms with Gasteiger partial charge in [0, 0.05) is 30.3 Å². The predicted molar refractivity (Wildman–Crippen MR) is 138 cm³/mol. The van der Waals surface area contributed by atoms with Crippen molar-refractivity contribution in [2.45, 2.75) is 56.9 Å². The average Bonchev–Trinajstić information content (AvgIpc) is 2.79. The minimum atomic E-state index is -0.426. The highest BCUT2D eigenvalue weighted by molar-refractivity contribution is 5.85. The fourth-order valence-corrected chi connectivity index (χ4v) is 4.36. The van der Waals surface area contributed by atoms with Crippen LogP contribution >= 0.6 is 24.8 Å². The molecule has 0 bridgehead atoms. The van der Waals surface area contributed by atoms with Crippen molar-refractivity contribution in [2.75, 3.05) is 19.7 Å². The normalized spacial score (nSPS) is 16.6. The number of rotatable bonds is 12. The van der Waals surface area contributed by atoms with Gasteiger partial charge in [0.25, 0.3) is 5.69 Å². The largest absolute Gasteiger partial charge is 0.504 e. The number of aromatic hydroxyl groups is 2. The fourth-order valence-electron chi connectivity index (χ4n) is 4.36. The highest BCUT2D eigenvalue weighted by Gasteiger charge is 2.29. The van der Waals surface area contributed by atoms with E-state index in [0.717, 1.165) is 62.7 Å². The summed E-state index contributed by atoms with van der Waals surface area (Å²) in [5.74, 6) is 0.829. The zero-order valence-corrected chi connectivity index (χ0v) is 20.8. The maximum absolute atomic E-state index is 10.6. The van der Waals surface area contributed by atoms with Gasteiger partial charge in [-0.2, -0.15) is 0 Å². The summed E-state index contributed by atoms with van der Waals surface area (Å²) in [7, 11) is 0. The number of nitrogens with two attached hydrogens (primary N) is 1. The first-order chi connectivity index (χ1) is 15.5. The molecule has 2 aromatic rings. The van der Waals surface area contributed by atoms with Gasteiger partial charge in [-0.25, -0.2) is 0 Å². The van der Waals surface area contributed by atoms with E-state index >= 15 is 0 Å². The first-order valence-corrected chi connectivity index (χ1v) is 11.3. The highest BCUT2D eigenvalue weighted by atomic mass is 35.5. The van der Waals surface area contributed by atoms with Crippen molar-refractivity contribution >= 4 is 30.5 Å². The van der Waals surface area contributed by atoms with Crippen LogP contribution in [0.5, 0.6) is 17.2 Å². The van der Waals surface area contributed by atoms with E-state index in [1.807, 2.05) is 6.07 Å². The van der Waals surface area contributed by atoms with Crippen LogP contribution in [0.1, 0.15) is 55.6 Å². The van der Waals surface area contributed by atoms with Gasteiger partial charge in [-0.05, 0) is 61.9 Å². The van der Waals surface area contributed by atoms with Crippen molar-refractivity contribution in [2.24, 2.45) is 5.73 Å². The van der Waals surface area contributed by atoms with Gasteiger partial charge in [-0.15, -0.1) is 24.8 Å². The number of unbranched alkanes of at least 4 members (excludes halogenated alkanes) is 3. The Morgan fingerprint density at radius 2 is 1.74 bits per heavy atom. The lowest BCUT2D eigenvalue weighted by Crippen LogP contribution is -2.33. The van der Waals surface area contributed by atoms with Crippen LogP contribution in [0.15, 0.2) is 36.4 Å². The van der Waals surface area contributed by atoms with Crippen LogP contribution in [0.3, 0.4) is 0 Å². The van der Waals surface area contributed by atoms with E-state index < -0.39 is 4.92 Å². The number of fused-ring (bicyclic) bond motifs is 1. The first kappa shape index (κ1) is 29.8. The Kier molecular flexibility index (Phi) is 13.0. The number of ether oxygens (including phenoxy) is 1. The summed E-state index contributed by atoms with van der Waals surface area (Å²) in [4.78, 5) is 10.2. The second-order valence-corrected chi connectivity index (χ2v) is 8.36. The number of halogens is 2. The molecule has 190 valence electrons. The van der Waals surface area contributed by atoms with Crippen molar-refractivity contribution in [3.8, 4) is 17.2 Å². The van der Waals surface area contributed by atoms with Gasteiger partial charge in [0.2, 0.25) is 0 Å². The molecule has 0 heterocycles. The molecule has 10 heteroatoms. The molecule has 5 N–H and O–H groups in total. The fraction of sp³-hybridized carbons (Fsp3) is 0.500. The minimum Gasteiger partial charge on any atom is -0.504 e. The summed E-state index contributed by atoms with van der Waals surface area (Å²) in [5.41, 5.74) is 8.37. The Bertz CT molecular complexity index is 899. The van der Waals surface area contributed by atoms with Crippen molar-refractivity contribution in [1.82, 2.24) is 5.32 Å². The maximum atomic E-state index is 10.6. The molecule has 2 atom stereocenters. The molecule has 0 aromatic heterocycles. The van der Waals surface area contributed by atoms with Gasteiger partial charge >= 0.3 is 0 Å². The van der Waals surface area contributed by atoms with E-state index in [1.54, 1.807) is 18.2 Å². The Morgan fingerprint density at radius 1 is 1.03 bits per heavy atom. The third kappa shape index (κ3) is 8.20. The number of hydrogen-bond donors (Lipinski definition) is 4. The van der Waals surface area contributed by atoms with Crippen molar-refractivity contribution in [3.63, 3.8) is 0 Å². The number of non-ortho nitro benzene ring substituents is 1. The monoisotopic (exact) mass is 515 g/mol. The number of nitrogens with one attached hydrogen (secondary N) is 1. The third-order valence-electron chi connectivity index (χ3n) is 6.16. The van der Waals surface area contributed by atoms with E-state index in [9.17, 15) is 20.3 Å². The lowest BCUT2D eigenvalue weighted by molar-refractivity contribution is -0.384. The Balaban J connectivity index is 0.00000289. The molecule has 0 radical (unpaired) electrons. The molecule has 1 aliphatic carbocycles. The van der Waals surface area contributed by atoms with E-state index in [2.05, 4.69) is 5.32 Å². The Hall–Kier alpha value is -2.26. The molecule has 2 unspecified atom stereocenters. The summed E-state index contributed by atoms with van der Waals surface area (Å²) in [6.07, 6.45) is 6.97. The van der Waals surface area contributed by atoms with Gasteiger partial charge in [-0.3, -0.25) is 10.1 Å². The minimum absolute atomic E-state index is 0. The van der Waals surface area contributed by atoms with Gasteiger partial charge in [0.05, 0.1) is 4.92 Å². The number of nitro benzene ring substituents is 1. The average molecular weight is 516 g/mol. The Labute approximate surface area is 212 Å². The molecule has 34 heavy (non-hydrogen) atoms. The number of phenols is 2. The van der Waals surface area contributed by atoms with E-state index in [-0.39, 0.29) is 54.0 Å². The second kappa shape index (κ2) is 14.9. The smallest absolute Gasteiger partial charge is 0.269 e. The van der Waals surface area contributed by atoms with Crippen molar-refractivity contribution < 1.29 is 19.9 Å². The summed E-state index contributed by atoms with van der Waals surface area (Å²) in [6, 6.07) is 9.68. The van der Waals surface area contributed by atoms with Crippen LogP contribution in [-0.4, -0.2) is 40.9 Å². The molecule has 3 rings (SSSR count). The second-order valence-electron chi connectivity index (χ2n) is 8.36. The molecular weight excluding hydrogens is 481 g/mol. The van der Waals surface area contributed by atoms with Crippen LogP contribution in [0.2, 0.25) is 0 Å². The molecule has 0 saturated carbocycles. The van der Waals surface area contributed by atoms with Gasteiger partial charge < -0.3 is 26.0 Å². The molecule has 0 aliphatic heterocycles. The molecule has 0 spiro atoms. The number of phenolic OH excluding ortho intramolecular Hbond substituents is 2. The van der Waals surface area contributed by atoms with Crippen molar-refractivity contribution in [3.05, 3.63) is 57.6 Å². The van der Waals surface area contributed by atoms with Gasteiger partial charge in [0.1, 0.15) is 12.4 Å². The van der Waals surface area contributed by atoms with E-state index in [4.69, 9.17) is 10.5 Å².